The summed E-state index contributed by atoms with van der Waals surface area (Å²) in [7, 11) is 0. The van der Waals surface area contributed by atoms with Crippen LogP contribution in [-0.2, 0) is 11.1 Å². The van der Waals surface area contributed by atoms with E-state index >= 15 is 0 Å². The van der Waals surface area contributed by atoms with Crippen molar-refractivity contribution in [1.29, 1.82) is 0 Å². The Balaban J connectivity index is 2.93. The van der Waals surface area contributed by atoms with Gasteiger partial charge in [-0.1, -0.05) is 0 Å². The summed E-state index contributed by atoms with van der Waals surface area (Å²) in [6.07, 6.45) is 2.19. The molecule has 0 fully saturated rings. The van der Waals surface area contributed by atoms with Crippen molar-refractivity contribution in [3.05, 3.63) is 12.6 Å². The molecule has 1 atom stereocenters. The van der Waals surface area contributed by atoms with Gasteiger partial charge in [-0.2, -0.15) is 0 Å². The number of oxazole rings is 1. The van der Waals surface area contributed by atoms with Crippen molar-refractivity contribution in [1.82, 2.24) is 4.98 Å². The van der Waals surface area contributed by atoms with Crippen LogP contribution < -0.4 is 0 Å². The van der Waals surface area contributed by atoms with Gasteiger partial charge in [0.25, 0.3) is 0 Å². The van der Waals surface area contributed by atoms with Gasteiger partial charge in [0.1, 0.15) is 0 Å². The number of rotatable bonds is 1. The van der Waals surface area contributed by atoms with E-state index in [2.05, 4.69) is 9.40 Å². The van der Waals surface area contributed by atoms with Crippen LogP contribution in [0.1, 0.15) is 0 Å². The maximum absolute atomic E-state index is 9.93. The summed E-state index contributed by atoms with van der Waals surface area (Å²) in [5.41, 5.74) is 0. The highest BCUT2D eigenvalue weighted by atomic mass is 32.2. The number of aromatic nitrogens is 1. The van der Waals surface area contributed by atoms with Gasteiger partial charge < -0.3 is 8.97 Å². The molecule has 1 aromatic heterocycles. The topological polar surface area (TPSA) is 66.2 Å². The van der Waals surface area contributed by atoms with Crippen LogP contribution in [0.2, 0.25) is 0 Å². The minimum atomic E-state index is -2.28. The minimum Gasteiger partial charge on any atom is -0.766 e. The Morgan fingerprint density at radius 3 is 2.88 bits per heavy atom. The highest BCUT2D eigenvalue weighted by Crippen LogP contribution is 1.98. The Kier molecular flexibility index (Phi) is 1.40. The molecule has 0 saturated heterocycles. The van der Waals surface area contributed by atoms with Crippen LogP contribution in [-0.4, -0.2) is 13.7 Å². The van der Waals surface area contributed by atoms with Gasteiger partial charge in [0.2, 0.25) is 0 Å². The van der Waals surface area contributed by atoms with Crippen molar-refractivity contribution in [3.63, 3.8) is 0 Å². The quantitative estimate of drug-likeness (QED) is 0.501. The summed E-state index contributed by atoms with van der Waals surface area (Å²) in [6.45, 7) is 0. The average molecular weight is 132 g/mol. The highest BCUT2D eigenvalue weighted by Gasteiger charge is 1.91. The molecule has 0 saturated carbocycles. The predicted octanol–water partition coefficient (Wildman–Crippen LogP) is -0.0874. The first-order chi connectivity index (χ1) is 3.80. The molecule has 8 heavy (non-hydrogen) atoms. The summed E-state index contributed by atoms with van der Waals surface area (Å²) < 4.78 is 24.2. The molecule has 0 bridgehead atoms. The Morgan fingerprint density at radius 2 is 2.62 bits per heavy atom. The van der Waals surface area contributed by atoms with Crippen molar-refractivity contribution in [2.45, 2.75) is 5.09 Å². The van der Waals surface area contributed by atoms with E-state index in [1.54, 1.807) is 0 Å². The molecule has 1 unspecified atom stereocenters. The standard InChI is InChI=1S/C3H3NO3S/c5-8(6)3-1-4-2-7-3/h1-2H,(H,5,6)/p-1. The third kappa shape index (κ3) is 0.932. The van der Waals surface area contributed by atoms with Crippen LogP contribution in [0.5, 0.6) is 0 Å². The molecule has 4 nitrogen and oxygen atoms in total. The average Bonchev–Trinajstić information content (AvgIpc) is 2.12. The van der Waals surface area contributed by atoms with Gasteiger partial charge in [0.05, 0.1) is 6.20 Å². The molecule has 0 spiro atoms. The molecule has 0 aromatic carbocycles. The highest BCUT2D eigenvalue weighted by molar-refractivity contribution is 7.79. The summed E-state index contributed by atoms with van der Waals surface area (Å²) in [4.78, 5) is 3.38. The molecule has 5 heteroatoms. The molecule has 44 valence electrons. The monoisotopic (exact) mass is 132 g/mol. The lowest BCUT2D eigenvalue weighted by Crippen LogP contribution is -1.82. The van der Waals surface area contributed by atoms with Crippen LogP contribution in [0, 0.1) is 0 Å². The number of nitrogens with zero attached hydrogens (tertiary/aromatic N) is 1. The van der Waals surface area contributed by atoms with Gasteiger partial charge >= 0.3 is 0 Å². The Morgan fingerprint density at radius 1 is 1.88 bits per heavy atom. The molecule has 0 radical (unpaired) electrons. The summed E-state index contributed by atoms with van der Waals surface area (Å²) in [5, 5.41) is -0.134. The summed E-state index contributed by atoms with van der Waals surface area (Å²) in [6, 6.07) is 0. The molecular weight excluding hydrogens is 130 g/mol. The largest absolute Gasteiger partial charge is 0.766 e. The van der Waals surface area contributed by atoms with Gasteiger partial charge in [-0.15, -0.1) is 0 Å². The van der Waals surface area contributed by atoms with E-state index < -0.39 is 11.1 Å². The van der Waals surface area contributed by atoms with E-state index in [4.69, 9.17) is 0 Å². The van der Waals surface area contributed by atoms with Crippen LogP contribution in [0.25, 0.3) is 0 Å². The molecule has 1 rings (SSSR count). The van der Waals surface area contributed by atoms with Crippen molar-refractivity contribution in [2.24, 2.45) is 0 Å². The first-order valence-corrected chi connectivity index (χ1v) is 2.86. The predicted molar refractivity (Wildman–Crippen MR) is 23.7 cm³/mol. The molecule has 1 aromatic rings. The number of hydrogen-bond acceptors (Lipinski definition) is 4. The van der Waals surface area contributed by atoms with E-state index in [9.17, 15) is 8.76 Å². The zero-order valence-corrected chi connectivity index (χ0v) is 4.55. The molecule has 1 heterocycles. The van der Waals surface area contributed by atoms with Crippen LogP contribution in [0.15, 0.2) is 22.1 Å². The second-order valence-corrected chi connectivity index (χ2v) is 1.93. The van der Waals surface area contributed by atoms with Crippen molar-refractivity contribution >= 4 is 11.1 Å². The molecule has 0 N–H and O–H groups in total. The maximum Gasteiger partial charge on any atom is 0.197 e. The Labute approximate surface area is 47.8 Å². The third-order valence-electron chi connectivity index (χ3n) is 0.574. The van der Waals surface area contributed by atoms with Crippen molar-refractivity contribution in [2.75, 3.05) is 0 Å². The Hall–Kier alpha value is -0.680. The number of hydrogen-bond donors (Lipinski definition) is 0. The third-order valence-corrected chi connectivity index (χ3v) is 1.10. The smallest absolute Gasteiger partial charge is 0.197 e. The SMILES string of the molecule is O=S([O-])c1cnco1. The van der Waals surface area contributed by atoms with Crippen molar-refractivity contribution in [3.8, 4) is 0 Å². The van der Waals surface area contributed by atoms with E-state index in [1.165, 1.54) is 0 Å². The van der Waals surface area contributed by atoms with Gasteiger partial charge in [-0.25, -0.2) is 4.98 Å². The van der Waals surface area contributed by atoms with Crippen LogP contribution in [0.4, 0.5) is 0 Å². The Bertz CT molecular complexity index is 182. The zero-order valence-electron chi connectivity index (χ0n) is 3.73. The van der Waals surface area contributed by atoms with Gasteiger partial charge in [-0.3, -0.25) is 4.21 Å². The molecular formula is C3H2NO3S-. The fraction of sp³-hybridized carbons (Fsp3) is 0. The van der Waals surface area contributed by atoms with E-state index in [0.717, 1.165) is 12.6 Å². The molecule has 0 amide bonds. The fourth-order valence-electron chi connectivity index (χ4n) is 0.286. The molecule has 0 aliphatic rings. The summed E-state index contributed by atoms with van der Waals surface area (Å²) in [5.74, 6) is 0. The van der Waals surface area contributed by atoms with Crippen molar-refractivity contribution < 1.29 is 13.2 Å². The van der Waals surface area contributed by atoms with E-state index in [-0.39, 0.29) is 5.09 Å². The maximum atomic E-state index is 9.93. The van der Waals surface area contributed by atoms with Crippen LogP contribution in [0.3, 0.4) is 0 Å². The minimum absolute atomic E-state index is 0.134. The zero-order chi connectivity index (χ0) is 5.98. The van der Waals surface area contributed by atoms with Gasteiger partial charge in [0.15, 0.2) is 11.5 Å². The lowest BCUT2D eigenvalue weighted by atomic mass is 11.0. The van der Waals surface area contributed by atoms with Gasteiger partial charge in [-0.05, 0) is 0 Å². The van der Waals surface area contributed by atoms with E-state index in [1.807, 2.05) is 0 Å². The first-order valence-electron chi connectivity index (χ1n) is 1.78. The lowest BCUT2D eigenvalue weighted by Gasteiger charge is -1.94. The first kappa shape index (κ1) is 5.46. The van der Waals surface area contributed by atoms with E-state index in [0.29, 0.717) is 0 Å². The normalized spacial score (nSPS) is 13.6. The second-order valence-electron chi connectivity index (χ2n) is 1.06. The van der Waals surface area contributed by atoms with Crippen LogP contribution >= 0.6 is 0 Å². The summed E-state index contributed by atoms with van der Waals surface area (Å²) >= 11 is -2.28. The van der Waals surface area contributed by atoms with Gasteiger partial charge in [0, 0.05) is 11.1 Å². The second kappa shape index (κ2) is 2.06. The molecule has 0 aliphatic heterocycles. The fourth-order valence-corrected chi connectivity index (χ4v) is 0.555. The lowest BCUT2D eigenvalue weighted by molar-refractivity contribution is 0.432. The molecule has 0 aliphatic carbocycles.